The summed E-state index contributed by atoms with van der Waals surface area (Å²) < 4.78 is 4.96. The Morgan fingerprint density at radius 1 is 1.13 bits per heavy atom. The Hall–Kier alpha value is -3.02. The van der Waals surface area contributed by atoms with E-state index in [1.807, 2.05) is 49.5 Å². The van der Waals surface area contributed by atoms with Crippen molar-refractivity contribution in [2.24, 2.45) is 5.41 Å². The average Bonchev–Trinajstić information content (AvgIpc) is 3.33. The number of methoxy groups -OCH3 is 1. The van der Waals surface area contributed by atoms with Gasteiger partial charge in [0.15, 0.2) is 6.29 Å². The second kappa shape index (κ2) is 8.01. The third-order valence-electron chi connectivity index (χ3n) is 6.40. The molecule has 1 aromatic heterocycles. The number of hydrogen-bond acceptors (Lipinski definition) is 5. The third-order valence-corrected chi connectivity index (χ3v) is 6.40. The number of hydrogen-bond donors (Lipinski definition) is 1. The summed E-state index contributed by atoms with van der Waals surface area (Å²) in [5.74, 6) is -0.368. The number of aromatic nitrogens is 1. The molecular formula is C24H29N3O3. The van der Waals surface area contributed by atoms with Crippen LogP contribution in [0.4, 0.5) is 5.69 Å². The number of rotatable bonds is 6. The van der Waals surface area contributed by atoms with E-state index in [9.17, 15) is 9.59 Å². The summed E-state index contributed by atoms with van der Waals surface area (Å²) in [6.07, 6.45) is 9.73. The Morgan fingerprint density at radius 3 is 2.47 bits per heavy atom. The van der Waals surface area contributed by atoms with Crippen LogP contribution in [0.2, 0.25) is 0 Å². The van der Waals surface area contributed by atoms with E-state index in [0.717, 1.165) is 41.8 Å². The normalized spacial score (nSPS) is 17.7. The van der Waals surface area contributed by atoms with Crippen molar-refractivity contribution in [1.29, 1.82) is 0 Å². The number of nitrogens with zero attached hydrogens (tertiary/aromatic N) is 2. The van der Waals surface area contributed by atoms with Gasteiger partial charge in [0, 0.05) is 62.0 Å². The third kappa shape index (κ3) is 3.86. The summed E-state index contributed by atoms with van der Waals surface area (Å²) in [5, 5.41) is 0. The molecule has 2 aromatic rings. The highest BCUT2D eigenvalue weighted by molar-refractivity contribution is 5.96. The van der Waals surface area contributed by atoms with Gasteiger partial charge in [0.2, 0.25) is 0 Å². The molecule has 0 unspecified atom stereocenters. The first-order chi connectivity index (χ1) is 14.5. The van der Waals surface area contributed by atoms with Gasteiger partial charge in [-0.05, 0) is 55.4 Å². The van der Waals surface area contributed by atoms with Crippen LogP contribution in [0.5, 0.6) is 0 Å². The van der Waals surface area contributed by atoms with Gasteiger partial charge in [-0.2, -0.15) is 0 Å². The van der Waals surface area contributed by atoms with Gasteiger partial charge >= 0.3 is 5.97 Å². The average molecular weight is 408 g/mol. The van der Waals surface area contributed by atoms with E-state index in [1.54, 1.807) is 6.20 Å². The van der Waals surface area contributed by atoms with Gasteiger partial charge in [-0.15, -0.1) is 0 Å². The molecular weight excluding hydrogens is 378 g/mol. The Morgan fingerprint density at radius 2 is 1.87 bits per heavy atom. The Balaban J connectivity index is 1.83. The molecule has 2 heterocycles. The summed E-state index contributed by atoms with van der Waals surface area (Å²) in [5.41, 5.74) is 5.34. The Labute approximate surface area is 177 Å². The number of aromatic amines is 1. The fraction of sp³-hybridized carbons (Fsp3) is 0.417. The summed E-state index contributed by atoms with van der Waals surface area (Å²) >= 11 is 0. The van der Waals surface area contributed by atoms with Crippen LogP contribution in [0.25, 0.3) is 5.57 Å². The summed E-state index contributed by atoms with van der Waals surface area (Å²) in [7, 11) is 5.30. The molecule has 1 saturated carbocycles. The van der Waals surface area contributed by atoms with Crippen molar-refractivity contribution in [1.82, 2.24) is 9.88 Å². The number of carbonyl (C=O) groups excluding carboxylic acids is 2. The number of nitrogens with one attached hydrogen (secondary N) is 1. The van der Waals surface area contributed by atoms with Crippen molar-refractivity contribution in [2.75, 3.05) is 39.2 Å². The molecule has 0 atom stereocenters. The van der Waals surface area contributed by atoms with E-state index in [0.29, 0.717) is 16.7 Å². The van der Waals surface area contributed by atoms with Gasteiger partial charge in [0.05, 0.1) is 18.4 Å². The molecule has 1 spiro atoms. The lowest BCUT2D eigenvalue weighted by Crippen LogP contribution is -2.35. The van der Waals surface area contributed by atoms with Crippen molar-refractivity contribution in [3.05, 3.63) is 59.0 Å². The van der Waals surface area contributed by atoms with Gasteiger partial charge in [-0.3, -0.25) is 4.79 Å². The zero-order valence-corrected chi connectivity index (χ0v) is 17.9. The zero-order valence-electron chi connectivity index (χ0n) is 17.9. The minimum absolute atomic E-state index is 0.368. The SMILES string of the molecule is COC(=O)c1ccc(N2CCC3(CC2)CC3)c(/C(=C/N(C)C)c2cc[nH]c2C=O)c1. The number of esters is 1. The van der Waals surface area contributed by atoms with Crippen molar-refractivity contribution in [3.63, 3.8) is 0 Å². The first-order valence-corrected chi connectivity index (χ1v) is 10.5. The van der Waals surface area contributed by atoms with Crippen molar-refractivity contribution >= 4 is 23.5 Å². The molecule has 1 N–H and O–H groups in total. The van der Waals surface area contributed by atoms with Gasteiger partial charge < -0.3 is 19.5 Å². The molecule has 1 aliphatic carbocycles. The number of H-pyrrole nitrogens is 1. The molecule has 6 heteroatoms. The molecule has 30 heavy (non-hydrogen) atoms. The maximum absolute atomic E-state index is 12.3. The molecule has 0 bridgehead atoms. The van der Waals surface area contributed by atoms with Crippen LogP contribution in [0.15, 0.2) is 36.7 Å². The van der Waals surface area contributed by atoms with Crippen LogP contribution in [-0.4, -0.2) is 56.4 Å². The Bertz CT molecular complexity index is 975. The highest BCUT2D eigenvalue weighted by atomic mass is 16.5. The second-order valence-corrected chi connectivity index (χ2v) is 8.64. The van der Waals surface area contributed by atoms with E-state index in [1.165, 1.54) is 32.8 Å². The molecule has 4 rings (SSSR count). The monoisotopic (exact) mass is 407 g/mol. The minimum Gasteiger partial charge on any atom is -0.465 e. The number of piperidine rings is 1. The van der Waals surface area contributed by atoms with Crippen molar-refractivity contribution < 1.29 is 14.3 Å². The lowest BCUT2D eigenvalue weighted by atomic mass is 9.90. The van der Waals surface area contributed by atoms with E-state index >= 15 is 0 Å². The molecule has 1 aliphatic heterocycles. The largest absolute Gasteiger partial charge is 0.465 e. The van der Waals surface area contributed by atoms with Gasteiger partial charge in [0.25, 0.3) is 0 Å². The van der Waals surface area contributed by atoms with Gasteiger partial charge in [-0.25, -0.2) is 4.79 Å². The van der Waals surface area contributed by atoms with Crippen molar-refractivity contribution in [3.8, 4) is 0 Å². The topological polar surface area (TPSA) is 65.6 Å². The van der Waals surface area contributed by atoms with Gasteiger partial charge in [-0.1, -0.05) is 0 Å². The van der Waals surface area contributed by atoms with Crippen LogP contribution >= 0.6 is 0 Å². The molecule has 0 amide bonds. The van der Waals surface area contributed by atoms with E-state index in [2.05, 4.69) is 9.88 Å². The standard InChI is InChI=1S/C24H29N3O3/c1-26(2)15-20(18-6-11-25-21(18)16-28)19-14-17(23(29)30-3)4-5-22(19)27-12-9-24(7-8-24)10-13-27/h4-6,11,14-16,25H,7-10,12-13H2,1-3H3/b20-15+. The number of anilines is 1. The number of aldehydes is 1. The summed E-state index contributed by atoms with van der Waals surface area (Å²) in [6.45, 7) is 2.01. The fourth-order valence-corrected chi connectivity index (χ4v) is 4.43. The molecule has 158 valence electrons. The van der Waals surface area contributed by atoms with Crippen LogP contribution in [0.1, 0.15) is 57.7 Å². The fourth-order valence-electron chi connectivity index (χ4n) is 4.43. The second-order valence-electron chi connectivity index (χ2n) is 8.64. The maximum atomic E-state index is 12.3. The molecule has 1 saturated heterocycles. The smallest absolute Gasteiger partial charge is 0.337 e. The first kappa shape index (κ1) is 20.3. The Kier molecular flexibility index (Phi) is 5.41. The van der Waals surface area contributed by atoms with Crippen molar-refractivity contribution in [2.45, 2.75) is 25.7 Å². The highest BCUT2D eigenvalue weighted by Gasteiger charge is 2.44. The van der Waals surface area contributed by atoms with Crippen LogP contribution in [0, 0.1) is 5.41 Å². The van der Waals surface area contributed by atoms with E-state index in [-0.39, 0.29) is 5.97 Å². The quantitative estimate of drug-likeness (QED) is 0.580. The molecule has 1 aromatic carbocycles. The summed E-state index contributed by atoms with van der Waals surface area (Å²) in [6, 6.07) is 7.64. The lowest BCUT2D eigenvalue weighted by molar-refractivity contribution is 0.0600. The molecule has 0 radical (unpaired) electrons. The number of ether oxygens (including phenoxy) is 1. The van der Waals surface area contributed by atoms with Crippen LogP contribution in [-0.2, 0) is 4.74 Å². The predicted octanol–water partition coefficient (Wildman–Crippen LogP) is 3.95. The van der Waals surface area contributed by atoms with Crippen LogP contribution < -0.4 is 4.90 Å². The van der Waals surface area contributed by atoms with E-state index < -0.39 is 0 Å². The number of benzene rings is 1. The minimum atomic E-state index is -0.368. The molecule has 6 nitrogen and oxygen atoms in total. The molecule has 2 aliphatic rings. The van der Waals surface area contributed by atoms with Crippen LogP contribution in [0.3, 0.4) is 0 Å². The maximum Gasteiger partial charge on any atom is 0.337 e. The number of carbonyl (C=O) groups is 2. The molecule has 2 fully saturated rings. The van der Waals surface area contributed by atoms with E-state index in [4.69, 9.17) is 4.74 Å². The zero-order chi connectivity index (χ0) is 21.3. The predicted molar refractivity (Wildman–Crippen MR) is 118 cm³/mol. The highest BCUT2D eigenvalue weighted by Crippen LogP contribution is 2.54. The lowest BCUT2D eigenvalue weighted by Gasteiger charge is -2.35. The first-order valence-electron chi connectivity index (χ1n) is 10.5. The summed E-state index contributed by atoms with van der Waals surface area (Å²) in [4.78, 5) is 31.3. The van der Waals surface area contributed by atoms with Gasteiger partial charge in [0.1, 0.15) is 0 Å².